The number of rotatable bonds is 3. The van der Waals surface area contributed by atoms with Crippen molar-refractivity contribution in [3.8, 4) is 0 Å². The first-order valence-electron chi connectivity index (χ1n) is 5.64. The summed E-state index contributed by atoms with van der Waals surface area (Å²) >= 11 is 0. The van der Waals surface area contributed by atoms with Gasteiger partial charge in [-0.3, -0.25) is 9.59 Å². The lowest BCUT2D eigenvalue weighted by molar-refractivity contribution is -0.112. The monoisotopic (exact) mass is 242 g/mol. The zero-order valence-electron chi connectivity index (χ0n) is 10.3. The van der Waals surface area contributed by atoms with Crippen molar-refractivity contribution in [2.24, 2.45) is 0 Å². The molecule has 0 radical (unpaired) electrons. The number of amides is 1. The molecule has 0 saturated carbocycles. The van der Waals surface area contributed by atoms with E-state index in [4.69, 9.17) is 0 Å². The fourth-order valence-corrected chi connectivity index (χ4v) is 1.60. The first kappa shape index (κ1) is 12.1. The van der Waals surface area contributed by atoms with Gasteiger partial charge in [-0.05, 0) is 49.2 Å². The lowest BCUT2D eigenvalue weighted by atomic mass is 10.1. The Hall–Kier alpha value is -2.36. The maximum absolute atomic E-state index is 11.7. The Labute approximate surface area is 105 Å². The largest absolute Gasteiger partial charge is 0.358 e. The Morgan fingerprint density at radius 2 is 1.89 bits per heavy atom. The molecule has 0 aliphatic carbocycles. The lowest BCUT2D eigenvalue weighted by Crippen LogP contribution is -2.23. The first-order valence-corrected chi connectivity index (χ1v) is 5.64. The molecule has 1 aromatic carbocycles. The van der Waals surface area contributed by atoms with Crippen molar-refractivity contribution in [2.75, 3.05) is 5.32 Å². The van der Waals surface area contributed by atoms with Gasteiger partial charge in [0.05, 0.1) is 5.69 Å². The summed E-state index contributed by atoms with van der Waals surface area (Å²) in [7, 11) is 0. The fraction of sp³-hybridized carbons (Fsp3) is 0.143. The topological polar surface area (TPSA) is 62.0 Å². The number of aromatic amines is 1. The number of carbonyl (C=O) groups excluding carboxylic acids is 2. The number of hydrogen-bond donors (Lipinski definition) is 2. The van der Waals surface area contributed by atoms with E-state index in [0.29, 0.717) is 5.69 Å². The second kappa shape index (κ2) is 4.87. The van der Waals surface area contributed by atoms with Crippen molar-refractivity contribution >= 4 is 17.4 Å². The smallest absolute Gasteiger partial charge is 0.298 e. The van der Waals surface area contributed by atoms with Gasteiger partial charge in [-0.1, -0.05) is 6.07 Å². The highest BCUT2D eigenvalue weighted by molar-refractivity contribution is 6.46. The molecule has 4 heteroatoms. The van der Waals surface area contributed by atoms with Crippen LogP contribution < -0.4 is 5.32 Å². The van der Waals surface area contributed by atoms with Crippen LogP contribution in [0.15, 0.2) is 36.5 Å². The number of hydrogen-bond acceptors (Lipinski definition) is 2. The van der Waals surface area contributed by atoms with Crippen LogP contribution in [0.4, 0.5) is 5.69 Å². The van der Waals surface area contributed by atoms with E-state index in [-0.39, 0.29) is 5.69 Å². The van der Waals surface area contributed by atoms with Gasteiger partial charge < -0.3 is 10.3 Å². The molecule has 92 valence electrons. The Morgan fingerprint density at radius 3 is 2.50 bits per heavy atom. The van der Waals surface area contributed by atoms with Gasteiger partial charge in [0, 0.05) is 11.9 Å². The van der Waals surface area contributed by atoms with Gasteiger partial charge in [-0.2, -0.15) is 0 Å². The Kier molecular flexibility index (Phi) is 3.28. The Balaban J connectivity index is 2.12. The molecule has 0 unspecified atom stereocenters. The van der Waals surface area contributed by atoms with Gasteiger partial charge in [0.15, 0.2) is 0 Å². The molecule has 0 atom stereocenters. The van der Waals surface area contributed by atoms with E-state index in [1.54, 1.807) is 24.4 Å². The number of carbonyl (C=O) groups is 2. The summed E-state index contributed by atoms with van der Waals surface area (Å²) < 4.78 is 0. The van der Waals surface area contributed by atoms with Gasteiger partial charge in [0.1, 0.15) is 0 Å². The Morgan fingerprint density at radius 1 is 1.11 bits per heavy atom. The third-order valence-electron chi connectivity index (χ3n) is 2.81. The minimum Gasteiger partial charge on any atom is -0.358 e. The molecule has 1 aromatic heterocycles. The van der Waals surface area contributed by atoms with E-state index in [2.05, 4.69) is 10.3 Å². The van der Waals surface area contributed by atoms with E-state index in [0.717, 1.165) is 11.1 Å². The van der Waals surface area contributed by atoms with Crippen LogP contribution in [-0.2, 0) is 4.79 Å². The summed E-state index contributed by atoms with van der Waals surface area (Å²) in [6.45, 7) is 3.95. The fourth-order valence-electron chi connectivity index (χ4n) is 1.60. The predicted molar refractivity (Wildman–Crippen MR) is 69.7 cm³/mol. The van der Waals surface area contributed by atoms with Crippen molar-refractivity contribution in [3.63, 3.8) is 0 Å². The molecular weight excluding hydrogens is 228 g/mol. The van der Waals surface area contributed by atoms with E-state index in [1.807, 2.05) is 26.0 Å². The van der Waals surface area contributed by atoms with Crippen molar-refractivity contribution < 1.29 is 9.59 Å². The molecule has 0 spiro atoms. The molecular formula is C14H14N2O2. The molecule has 0 aliphatic rings. The molecule has 0 saturated heterocycles. The summed E-state index contributed by atoms with van der Waals surface area (Å²) in [5.74, 6) is -1.21. The third-order valence-corrected chi connectivity index (χ3v) is 2.81. The third kappa shape index (κ3) is 2.48. The summed E-state index contributed by atoms with van der Waals surface area (Å²) in [6.07, 6.45) is 1.61. The van der Waals surface area contributed by atoms with Crippen LogP contribution in [0, 0.1) is 13.8 Å². The molecule has 4 nitrogen and oxygen atoms in total. The van der Waals surface area contributed by atoms with Crippen LogP contribution in [0.3, 0.4) is 0 Å². The average Bonchev–Trinajstić information content (AvgIpc) is 2.86. The number of anilines is 1. The van der Waals surface area contributed by atoms with Crippen molar-refractivity contribution in [1.29, 1.82) is 0 Å². The van der Waals surface area contributed by atoms with Crippen LogP contribution in [0.5, 0.6) is 0 Å². The number of aromatic nitrogens is 1. The summed E-state index contributed by atoms with van der Waals surface area (Å²) in [5.41, 5.74) is 3.13. The van der Waals surface area contributed by atoms with E-state index < -0.39 is 11.7 Å². The number of nitrogens with one attached hydrogen (secondary N) is 2. The average molecular weight is 242 g/mol. The zero-order chi connectivity index (χ0) is 13.1. The second-order valence-electron chi connectivity index (χ2n) is 4.17. The molecule has 2 rings (SSSR count). The highest BCUT2D eigenvalue weighted by atomic mass is 16.2. The zero-order valence-corrected chi connectivity index (χ0v) is 10.3. The SMILES string of the molecule is Cc1ccc(NC(=O)C(=O)c2ccc[nH]2)cc1C. The van der Waals surface area contributed by atoms with Crippen LogP contribution in [0.1, 0.15) is 21.6 Å². The normalized spacial score (nSPS) is 10.1. The lowest BCUT2D eigenvalue weighted by Gasteiger charge is -2.06. The van der Waals surface area contributed by atoms with Gasteiger partial charge in [0.25, 0.3) is 11.7 Å². The van der Waals surface area contributed by atoms with Gasteiger partial charge in [-0.15, -0.1) is 0 Å². The molecule has 2 N–H and O–H groups in total. The van der Waals surface area contributed by atoms with Crippen LogP contribution in [0.25, 0.3) is 0 Å². The molecule has 18 heavy (non-hydrogen) atoms. The first-order chi connectivity index (χ1) is 8.58. The summed E-state index contributed by atoms with van der Waals surface area (Å²) in [5, 5.41) is 2.59. The standard InChI is InChI=1S/C14H14N2O2/c1-9-5-6-11(8-10(9)2)16-14(18)13(17)12-4-3-7-15-12/h3-8,15H,1-2H3,(H,16,18). The minimum atomic E-state index is -0.638. The number of H-pyrrole nitrogens is 1. The highest BCUT2D eigenvalue weighted by Gasteiger charge is 2.16. The van der Waals surface area contributed by atoms with Gasteiger partial charge >= 0.3 is 0 Å². The number of Topliss-reactive ketones (excluding diaryl/α,β-unsaturated/α-hetero) is 1. The maximum atomic E-state index is 11.7. The van der Waals surface area contributed by atoms with Crippen molar-refractivity contribution in [3.05, 3.63) is 53.3 Å². The van der Waals surface area contributed by atoms with Gasteiger partial charge in [0.2, 0.25) is 0 Å². The number of ketones is 1. The summed E-state index contributed by atoms with van der Waals surface area (Å²) in [6, 6.07) is 8.78. The van der Waals surface area contributed by atoms with Crippen LogP contribution in [0.2, 0.25) is 0 Å². The maximum Gasteiger partial charge on any atom is 0.298 e. The van der Waals surface area contributed by atoms with Crippen molar-refractivity contribution in [2.45, 2.75) is 13.8 Å². The van der Waals surface area contributed by atoms with Crippen molar-refractivity contribution in [1.82, 2.24) is 4.98 Å². The predicted octanol–water partition coefficient (Wildman–Crippen LogP) is 2.45. The minimum absolute atomic E-state index is 0.288. The number of benzene rings is 1. The van der Waals surface area contributed by atoms with Crippen LogP contribution in [-0.4, -0.2) is 16.7 Å². The highest BCUT2D eigenvalue weighted by Crippen LogP contribution is 2.14. The van der Waals surface area contributed by atoms with Crippen LogP contribution >= 0.6 is 0 Å². The molecule has 2 aromatic rings. The van der Waals surface area contributed by atoms with Gasteiger partial charge in [-0.25, -0.2) is 0 Å². The van der Waals surface area contributed by atoms with E-state index in [1.165, 1.54) is 0 Å². The summed E-state index contributed by atoms with van der Waals surface area (Å²) in [4.78, 5) is 26.2. The molecule has 1 amide bonds. The Bertz CT molecular complexity index is 586. The molecule has 0 fully saturated rings. The number of aryl methyl sites for hydroxylation is 2. The molecule has 0 aliphatic heterocycles. The molecule has 0 bridgehead atoms. The second-order valence-corrected chi connectivity index (χ2v) is 4.17. The quantitative estimate of drug-likeness (QED) is 0.641. The van der Waals surface area contributed by atoms with E-state index in [9.17, 15) is 9.59 Å². The molecule has 1 heterocycles. The van der Waals surface area contributed by atoms with E-state index >= 15 is 0 Å².